The second-order valence-corrected chi connectivity index (χ2v) is 4.04. The average Bonchev–Trinajstić information content (AvgIpc) is 2.15. The van der Waals surface area contributed by atoms with Crippen LogP contribution in [-0.4, -0.2) is 16.7 Å². The Morgan fingerprint density at radius 1 is 1.29 bits per heavy atom. The molecule has 2 nitrogen and oxygen atoms in total. The van der Waals surface area contributed by atoms with Crippen molar-refractivity contribution in [2.24, 2.45) is 5.73 Å². The Kier molecular flexibility index (Phi) is 2.40. The summed E-state index contributed by atoms with van der Waals surface area (Å²) in [5, 5.41) is 9.17. The van der Waals surface area contributed by atoms with E-state index in [2.05, 4.69) is 0 Å². The summed E-state index contributed by atoms with van der Waals surface area (Å²) in [7, 11) is 0. The van der Waals surface area contributed by atoms with Crippen LogP contribution in [0.5, 0.6) is 0 Å². The number of aliphatic hydroxyl groups excluding tert-OH is 1. The minimum Gasteiger partial charge on any atom is -0.393 e. The third-order valence-corrected chi connectivity index (χ3v) is 2.64. The van der Waals surface area contributed by atoms with E-state index in [-0.39, 0.29) is 11.6 Å². The molecule has 1 fully saturated rings. The first kappa shape index (κ1) is 9.44. The van der Waals surface area contributed by atoms with Gasteiger partial charge in [-0.25, -0.2) is 0 Å². The summed E-state index contributed by atoms with van der Waals surface area (Å²) in [5.74, 6) is 0. The van der Waals surface area contributed by atoms with Crippen molar-refractivity contribution in [1.82, 2.24) is 0 Å². The zero-order chi connectivity index (χ0) is 10.0. The first-order chi connectivity index (χ1) is 6.68. The van der Waals surface area contributed by atoms with Crippen LogP contribution in [0.25, 0.3) is 6.08 Å². The maximum absolute atomic E-state index is 9.17. The molecule has 3 N–H and O–H groups in total. The molecule has 1 aliphatic carbocycles. The zero-order valence-corrected chi connectivity index (χ0v) is 8.06. The molecule has 0 unspecified atom stereocenters. The molecule has 1 aromatic carbocycles. The lowest BCUT2D eigenvalue weighted by molar-refractivity contribution is 0.0460. The normalized spacial score (nSPS) is 31.7. The summed E-state index contributed by atoms with van der Waals surface area (Å²) in [6.45, 7) is 0. The largest absolute Gasteiger partial charge is 0.393 e. The summed E-state index contributed by atoms with van der Waals surface area (Å²) in [5.41, 5.74) is 6.86. The Bertz CT molecular complexity index is 325. The van der Waals surface area contributed by atoms with Crippen LogP contribution in [0, 0.1) is 0 Å². The van der Waals surface area contributed by atoms with Gasteiger partial charge in [-0.15, -0.1) is 0 Å². The second kappa shape index (κ2) is 3.56. The molecule has 0 saturated heterocycles. The molecule has 74 valence electrons. The predicted octanol–water partition coefficient (Wildman–Crippen LogP) is 1.55. The van der Waals surface area contributed by atoms with E-state index in [9.17, 15) is 0 Å². The number of hydrogen-bond donors (Lipinski definition) is 2. The monoisotopic (exact) mass is 189 g/mol. The molecular formula is C12H15NO. The van der Waals surface area contributed by atoms with E-state index in [1.807, 2.05) is 42.5 Å². The molecule has 1 aliphatic rings. The van der Waals surface area contributed by atoms with E-state index in [4.69, 9.17) is 10.8 Å². The van der Waals surface area contributed by atoms with E-state index in [0.717, 1.165) is 5.56 Å². The van der Waals surface area contributed by atoms with Crippen molar-refractivity contribution in [3.63, 3.8) is 0 Å². The summed E-state index contributed by atoms with van der Waals surface area (Å²) >= 11 is 0. The molecule has 1 saturated carbocycles. The van der Waals surface area contributed by atoms with Gasteiger partial charge in [0.05, 0.1) is 6.10 Å². The van der Waals surface area contributed by atoms with Gasteiger partial charge in [-0.3, -0.25) is 0 Å². The summed E-state index contributed by atoms with van der Waals surface area (Å²) < 4.78 is 0. The molecule has 0 amide bonds. The van der Waals surface area contributed by atoms with Crippen molar-refractivity contribution in [1.29, 1.82) is 0 Å². The predicted molar refractivity (Wildman–Crippen MR) is 57.6 cm³/mol. The van der Waals surface area contributed by atoms with Crippen LogP contribution in [0.1, 0.15) is 18.4 Å². The summed E-state index contributed by atoms with van der Waals surface area (Å²) in [6, 6.07) is 10.1. The Hall–Kier alpha value is -1.12. The van der Waals surface area contributed by atoms with Crippen molar-refractivity contribution >= 4 is 6.08 Å². The number of nitrogens with two attached hydrogens (primary N) is 1. The topological polar surface area (TPSA) is 46.2 Å². The standard InChI is InChI=1S/C12H15NO/c13-12(8-11(14)9-12)7-6-10-4-2-1-3-5-10/h1-7,11,14H,8-9,13H2/b7-6+. The van der Waals surface area contributed by atoms with Gasteiger partial charge in [0.25, 0.3) is 0 Å². The third kappa shape index (κ3) is 2.03. The van der Waals surface area contributed by atoms with E-state index in [1.165, 1.54) is 0 Å². The molecule has 0 bridgehead atoms. The van der Waals surface area contributed by atoms with Gasteiger partial charge in [0.15, 0.2) is 0 Å². The molecule has 2 heteroatoms. The lowest BCUT2D eigenvalue weighted by Gasteiger charge is -2.39. The highest BCUT2D eigenvalue weighted by atomic mass is 16.3. The quantitative estimate of drug-likeness (QED) is 0.741. The number of benzene rings is 1. The van der Waals surface area contributed by atoms with E-state index in [0.29, 0.717) is 12.8 Å². The lowest BCUT2D eigenvalue weighted by atomic mass is 9.75. The molecule has 2 rings (SSSR count). The highest BCUT2D eigenvalue weighted by Crippen LogP contribution is 2.31. The fourth-order valence-corrected chi connectivity index (χ4v) is 1.78. The van der Waals surface area contributed by atoms with Crippen molar-refractivity contribution in [2.75, 3.05) is 0 Å². The molecule has 0 atom stereocenters. The van der Waals surface area contributed by atoms with Crippen LogP contribution >= 0.6 is 0 Å². The van der Waals surface area contributed by atoms with Crippen LogP contribution in [-0.2, 0) is 0 Å². The van der Waals surface area contributed by atoms with Crippen molar-refractivity contribution in [3.8, 4) is 0 Å². The third-order valence-electron chi connectivity index (χ3n) is 2.64. The fraction of sp³-hybridized carbons (Fsp3) is 0.333. The van der Waals surface area contributed by atoms with Crippen LogP contribution in [0.3, 0.4) is 0 Å². The maximum Gasteiger partial charge on any atom is 0.0581 e. The zero-order valence-electron chi connectivity index (χ0n) is 8.06. The van der Waals surface area contributed by atoms with E-state index < -0.39 is 0 Å². The van der Waals surface area contributed by atoms with E-state index >= 15 is 0 Å². The van der Waals surface area contributed by atoms with Crippen LogP contribution < -0.4 is 5.73 Å². The smallest absolute Gasteiger partial charge is 0.0581 e. The first-order valence-electron chi connectivity index (χ1n) is 4.89. The molecular weight excluding hydrogens is 174 g/mol. The Balaban J connectivity index is 2.01. The molecule has 14 heavy (non-hydrogen) atoms. The van der Waals surface area contributed by atoms with Gasteiger partial charge in [0.2, 0.25) is 0 Å². The second-order valence-electron chi connectivity index (χ2n) is 4.04. The number of hydrogen-bond acceptors (Lipinski definition) is 2. The maximum atomic E-state index is 9.17. The fourth-order valence-electron chi connectivity index (χ4n) is 1.78. The molecule has 0 spiro atoms. The minimum absolute atomic E-state index is 0.208. The molecule has 0 aliphatic heterocycles. The van der Waals surface area contributed by atoms with Gasteiger partial charge in [0, 0.05) is 5.54 Å². The van der Waals surface area contributed by atoms with Crippen molar-refractivity contribution in [2.45, 2.75) is 24.5 Å². The minimum atomic E-state index is -0.282. The molecule has 0 heterocycles. The highest BCUT2D eigenvalue weighted by molar-refractivity contribution is 5.51. The van der Waals surface area contributed by atoms with Crippen LogP contribution in [0.15, 0.2) is 36.4 Å². The van der Waals surface area contributed by atoms with Crippen molar-refractivity contribution < 1.29 is 5.11 Å². The average molecular weight is 189 g/mol. The highest BCUT2D eigenvalue weighted by Gasteiger charge is 2.37. The number of rotatable bonds is 2. The summed E-state index contributed by atoms with van der Waals surface area (Å²) in [6.07, 6.45) is 5.16. The lowest BCUT2D eigenvalue weighted by Crippen LogP contribution is -2.52. The Labute approximate surface area is 84.1 Å². The molecule has 0 aromatic heterocycles. The van der Waals surface area contributed by atoms with Crippen LogP contribution in [0.2, 0.25) is 0 Å². The number of aliphatic hydroxyl groups is 1. The van der Waals surface area contributed by atoms with Crippen LogP contribution in [0.4, 0.5) is 0 Å². The van der Waals surface area contributed by atoms with Gasteiger partial charge in [-0.05, 0) is 18.4 Å². The van der Waals surface area contributed by atoms with Gasteiger partial charge < -0.3 is 10.8 Å². The Morgan fingerprint density at radius 2 is 1.93 bits per heavy atom. The van der Waals surface area contributed by atoms with Crippen molar-refractivity contribution in [3.05, 3.63) is 42.0 Å². The van der Waals surface area contributed by atoms with Gasteiger partial charge >= 0.3 is 0 Å². The van der Waals surface area contributed by atoms with E-state index in [1.54, 1.807) is 0 Å². The first-order valence-corrected chi connectivity index (χ1v) is 4.89. The van der Waals surface area contributed by atoms with Gasteiger partial charge in [-0.2, -0.15) is 0 Å². The molecule has 1 aromatic rings. The summed E-state index contributed by atoms with van der Waals surface area (Å²) in [4.78, 5) is 0. The molecule has 0 radical (unpaired) electrons. The SMILES string of the molecule is NC1(/C=C/c2ccccc2)CC(O)C1. The Morgan fingerprint density at radius 3 is 2.50 bits per heavy atom. The van der Waals surface area contributed by atoms with Gasteiger partial charge in [-0.1, -0.05) is 42.5 Å². The van der Waals surface area contributed by atoms with Gasteiger partial charge in [0.1, 0.15) is 0 Å².